The molecule has 0 unspecified atom stereocenters. The lowest BCUT2D eigenvalue weighted by molar-refractivity contribution is -0.154. The molecule has 0 aromatic heterocycles. The average molecular weight is 634 g/mol. The molecule has 0 radical (unpaired) electrons. The third-order valence-corrected chi connectivity index (χ3v) is 9.06. The number of carbonyl (C=O) groups is 2. The zero-order chi connectivity index (χ0) is 29.7. The van der Waals surface area contributed by atoms with Crippen LogP contribution < -0.4 is 10.5 Å². The molecule has 5 rings (SSSR count). The molecule has 1 amide bonds. The van der Waals surface area contributed by atoms with Gasteiger partial charge in [0.05, 0.1) is 31.2 Å². The van der Waals surface area contributed by atoms with Crippen LogP contribution in [0.15, 0.2) is 83.8 Å². The molecule has 230 valence electrons. The van der Waals surface area contributed by atoms with Crippen LogP contribution in [-0.2, 0) is 41.1 Å². The van der Waals surface area contributed by atoms with Crippen molar-refractivity contribution in [3.05, 3.63) is 95.8 Å². The summed E-state index contributed by atoms with van der Waals surface area (Å²) in [6, 6.07) is 20.0. The number of hydrogen-bond acceptors (Lipinski definition) is 8. The molecule has 1 atom stereocenters. The van der Waals surface area contributed by atoms with E-state index in [9.17, 15) is 22.4 Å². The Labute approximate surface area is 256 Å². The van der Waals surface area contributed by atoms with Crippen LogP contribution in [0.3, 0.4) is 0 Å². The molecule has 2 fully saturated rings. The first-order chi connectivity index (χ1) is 20.2. The van der Waals surface area contributed by atoms with Gasteiger partial charge < -0.3 is 24.8 Å². The fraction of sp³-hybridized carbons (Fsp3) is 0.333. The Morgan fingerprint density at radius 1 is 0.977 bits per heavy atom. The highest BCUT2D eigenvalue weighted by atomic mass is 35.5. The number of rotatable bonds is 10. The highest BCUT2D eigenvalue weighted by Gasteiger charge is 2.52. The number of esters is 1. The molecule has 2 aliphatic rings. The summed E-state index contributed by atoms with van der Waals surface area (Å²) in [5.74, 6) is -1.24. The molecule has 0 spiro atoms. The number of carbonyl (C=O) groups excluding carboxylic acids is 2. The lowest BCUT2D eigenvalue weighted by atomic mass is 9.87. The Hall–Kier alpha value is -3.55. The molecule has 13 heteroatoms. The molecule has 0 aliphatic carbocycles. The van der Waals surface area contributed by atoms with E-state index in [1.165, 1.54) is 34.6 Å². The summed E-state index contributed by atoms with van der Waals surface area (Å²) in [4.78, 5) is 26.3. The molecule has 2 aliphatic heterocycles. The van der Waals surface area contributed by atoms with E-state index in [-0.39, 0.29) is 42.7 Å². The number of hydrogen-bond donors (Lipinski definition) is 1. The van der Waals surface area contributed by atoms with Gasteiger partial charge in [-0.15, -0.1) is 12.4 Å². The molecule has 3 aromatic carbocycles. The fourth-order valence-corrected chi connectivity index (χ4v) is 6.57. The molecule has 43 heavy (non-hydrogen) atoms. The van der Waals surface area contributed by atoms with E-state index in [1.807, 2.05) is 30.3 Å². The number of sulfonamides is 1. The Bertz CT molecular complexity index is 1530. The monoisotopic (exact) mass is 633 g/mol. The van der Waals surface area contributed by atoms with Crippen LogP contribution in [0.5, 0.6) is 5.75 Å². The van der Waals surface area contributed by atoms with Crippen molar-refractivity contribution >= 4 is 34.3 Å². The second-order valence-electron chi connectivity index (χ2n) is 10.3. The number of ether oxygens (including phenoxy) is 3. The minimum absolute atomic E-state index is 0. The van der Waals surface area contributed by atoms with E-state index in [4.69, 9.17) is 19.9 Å². The van der Waals surface area contributed by atoms with Gasteiger partial charge in [0.2, 0.25) is 10.0 Å². The number of nitrogens with zero attached hydrogens (tertiary/aromatic N) is 2. The van der Waals surface area contributed by atoms with Crippen LogP contribution in [0.1, 0.15) is 11.1 Å². The topological polar surface area (TPSA) is 128 Å². The highest BCUT2D eigenvalue weighted by Crippen LogP contribution is 2.40. The summed E-state index contributed by atoms with van der Waals surface area (Å²) in [6.07, 6.45) is 0.0184. The third-order valence-electron chi connectivity index (χ3n) is 7.27. The molecule has 2 saturated heterocycles. The Kier molecular flexibility index (Phi) is 10.4. The molecule has 10 nitrogen and oxygen atoms in total. The quantitative estimate of drug-likeness (QED) is 0.337. The summed E-state index contributed by atoms with van der Waals surface area (Å²) in [5.41, 5.74) is 6.32. The maximum absolute atomic E-state index is 13.8. The maximum atomic E-state index is 13.8. The van der Waals surface area contributed by atoms with Gasteiger partial charge in [-0.1, -0.05) is 48.5 Å². The molecule has 0 bridgehead atoms. The summed E-state index contributed by atoms with van der Waals surface area (Å²) in [6.45, 7) is 1.35. The largest absolute Gasteiger partial charge is 0.480 e. The maximum Gasteiger partial charge on any atom is 0.323 e. The second kappa shape index (κ2) is 13.8. The van der Waals surface area contributed by atoms with Crippen LogP contribution in [-0.4, -0.2) is 81.5 Å². The molecule has 0 saturated carbocycles. The number of amides is 1. The SMILES string of the molecule is Cl.N[C@@H](Cc1cccc(S(=O)(=O)N2CC(Oc3cccc(F)c3)(c3ccccc3)C2)c1)C(=O)OCC(=O)N1CCOCC1. The van der Waals surface area contributed by atoms with Gasteiger partial charge >= 0.3 is 5.97 Å². The first kappa shape index (κ1) is 32.4. The number of halogens is 2. The normalized spacial score (nSPS) is 17.2. The average Bonchev–Trinajstić information content (AvgIpc) is 2.98. The van der Waals surface area contributed by atoms with Crippen LogP contribution in [0.4, 0.5) is 4.39 Å². The van der Waals surface area contributed by atoms with Crippen LogP contribution in [0, 0.1) is 5.82 Å². The van der Waals surface area contributed by atoms with Crippen LogP contribution in [0.2, 0.25) is 0 Å². The third kappa shape index (κ3) is 7.51. The number of nitrogens with two attached hydrogens (primary N) is 1. The van der Waals surface area contributed by atoms with Gasteiger partial charge in [0.25, 0.3) is 5.91 Å². The van der Waals surface area contributed by atoms with E-state index < -0.39 is 40.1 Å². The summed E-state index contributed by atoms with van der Waals surface area (Å²) in [7, 11) is -3.93. The van der Waals surface area contributed by atoms with Gasteiger partial charge in [0.15, 0.2) is 12.2 Å². The minimum atomic E-state index is -3.93. The van der Waals surface area contributed by atoms with E-state index in [2.05, 4.69) is 0 Å². The van der Waals surface area contributed by atoms with E-state index >= 15 is 0 Å². The summed E-state index contributed by atoms with van der Waals surface area (Å²) >= 11 is 0. The van der Waals surface area contributed by atoms with Gasteiger partial charge in [-0.2, -0.15) is 4.31 Å². The molecule has 2 heterocycles. The van der Waals surface area contributed by atoms with Gasteiger partial charge in [0.1, 0.15) is 17.6 Å². The van der Waals surface area contributed by atoms with Crippen molar-refractivity contribution < 1.29 is 36.6 Å². The second-order valence-corrected chi connectivity index (χ2v) is 12.2. The van der Waals surface area contributed by atoms with E-state index in [0.717, 1.165) is 5.56 Å². The molecular formula is C30H33ClFN3O7S. The standard InChI is InChI=1S/C30H32FN3O7S.ClH/c31-24-9-5-10-25(18-24)41-30(23-7-2-1-3-8-23)20-34(21-30)42(37,38)26-11-4-6-22(16-26)17-27(32)29(36)40-19-28(35)33-12-14-39-15-13-33;/h1-11,16,18,27H,12-15,17,19-21,32H2;1H/t27-;/m0./s1. The zero-order valence-corrected chi connectivity index (χ0v) is 24.9. The van der Waals surface area contributed by atoms with Crippen LogP contribution >= 0.6 is 12.4 Å². The Morgan fingerprint density at radius 3 is 2.37 bits per heavy atom. The van der Waals surface area contributed by atoms with Crippen molar-refractivity contribution in [2.45, 2.75) is 23.0 Å². The lowest BCUT2D eigenvalue weighted by Crippen LogP contribution is -2.64. The van der Waals surface area contributed by atoms with E-state index in [1.54, 1.807) is 23.1 Å². The number of morpholine rings is 1. The highest BCUT2D eigenvalue weighted by molar-refractivity contribution is 7.89. The first-order valence-electron chi connectivity index (χ1n) is 13.5. The smallest absolute Gasteiger partial charge is 0.323 e. The van der Waals surface area contributed by atoms with Gasteiger partial charge in [-0.3, -0.25) is 9.59 Å². The summed E-state index contributed by atoms with van der Waals surface area (Å²) < 4.78 is 58.8. The fourth-order valence-electron chi connectivity index (χ4n) is 4.96. The van der Waals surface area contributed by atoms with Crippen molar-refractivity contribution in [3.63, 3.8) is 0 Å². The van der Waals surface area contributed by atoms with Crippen LogP contribution in [0.25, 0.3) is 0 Å². The predicted octanol–water partition coefficient (Wildman–Crippen LogP) is 2.50. The van der Waals surface area contributed by atoms with Gasteiger partial charge in [-0.05, 0) is 41.8 Å². The van der Waals surface area contributed by atoms with Crippen molar-refractivity contribution in [1.82, 2.24) is 9.21 Å². The molecule has 2 N–H and O–H groups in total. The van der Waals surface area contributed by atoms with E-state index in [0.29, 0.717) is 37.6 Å². The molecule has 3 aromatic rings. The number of benzene rings is 3. The van der Waals surface area contributed by atoms with Gasteiger partial charge in [0, 0.05) is 19.2 Å². The predicted molar refractivity (Wildman–Crippen MR) is 158 cm³/mol. The summed E-state index contributed by atoms with van der Waals surface area (Å²) in [5, 5.41) is 0. The minimum Gasteiger partial charge on any atom is -0.480 e. The lowest BCUT2D eigenvalue weighted by Gasteiger charge is -2.48. The first-order valence-corrected chi connectivity index (χ1v) is 15.0. The zero-order valence-electron chi connectivity index (χ0n) is 23.3. The van der Waals surface area contributed by atoms with Crippen molar-refractivity contribution in [3.8, 4) is 5.75 Å². The van der Waals surface area contributed by atoms with Gasteiger partial charge in [-0.25, -0.2) is 12.8 Å². The molecular weight excluding hydrogens is 601 g/mol. The Morgan fingerprint density at radius 2 is 1.67 bits per heavy atom. The Balaban J connectivity index is 0.00000423. The van der Waals surface area contributed by atoms with Crippen molar-refractivity contribution in [2.75, 3.05) is 46.0 Å². The van der Waals surface area contributed by atoms with Crippen molar-refractivity contribution in [2.24, 2.45) is 5.73 Å². The van der Waals surface area contributed by atoms with Crippen molar-refractivity contribution in [1.29, 1.82) is 0 Å².